The zero-order chi connectivity index (χ0) is 44.4. The summed E-state index contributed by atoms with van der Waals surface area (Å²) >= 11 is 0. The summed E-state index contributed by atoms with van der Waals surface area (Å²) in [6, 6.07) is -1.47. The molecule has 2 aromatic heterocycles. The van der Waals surface area contributed by atoms with Gasteiger partial charge >= 0.3 is 36.6 Å². The van der Waals surface area contributed by atoms with E-state index in [-0.39, 0.29) is 29.2 Å². The van der Waals surface area contributed by atoms with Crippen LogP contribution in [0.3, 0.4) is 0 Å². The minimum absolute atomic E-state index is 0.0171. The number of rotatable bonds is 5. The number of fused-ring (bicyclic) bond motifs is 3. The van der Waals surface area contributed by atoms with E-state index in [9.17, 15) is 40.7 Å². The fraction of sp³-hybridized carbons (Fsp3) is 0.579. The van der Waals surface area contributed by atoms with Crippen LogP contribution in [0.25, 0.3) is 22.2 Å². The van der Waals surface area contributed by atoms with Gasteiger partial charge in [-0.3, -0.25) is 9.88 Å². The lowest BCUT2D eigenvalue weighted by Gasteiger charge is -2.42. The number of piperazine rings is 1. The molecule has 2 unspecified atom stereocenters. The van der Waals surface area contributed by atoms with Gasteiger partial charge < -0.3 is 23.8 Å². The van der Waals surface area contributed by atoms with Crippen LogP contribution in [0.5, 0.6) is 6.01 Å². The van der Waals surface area contributed by atoms with Crippen LogP contribution in [-0.2, 0) is 20.4 Å². The van der Waals surface area contributed by atoms with Crippen LogP contribution in [0.4, 0.5) is 61.0 Å². The SMILES string of the molecule is Cc1cc(N(C(=O)OC(C)(C)C)C(=O)OC(C)(C)C)c(F)c(-c2ncc3c(N4CC5CCC(C4)N5C(=O)OC(C)(C)C)nc(OCC(F)(F)F)nc3c2F)c1C(F)(F)F. The minimum Gasteiger partial charge on any atom is -0.454 e. The molecule has 2 bridgehead atoms. The van der Waals surface area contributed by atoms with Crippen molar-refractivity contribution in [2.24, 2.45) is 0 Å². The van der Waals surface area contributed by atoms with Crippen molar-refractivity contribution in [3.63, 3.8) is 0 Å². The zero-order valence-electron chi connectivity index (χ0n) is 33.9. The number of benzene rings is 1. The minimum atomic E-state index is -5.41. The number of aromatic nitrogens is 3. The molecule has 2 fully saturated rings. The Morgan fingerprint density at radius 2 is 1.32 bits per heavy atom. The molecule has 4 heterocycles. The number of ether oxygens (including phenoxy) is 4. The van der Waals surface area contributed by atoms with Gasteiger partial charge in [0.1, 0.15) is 33.8 Å². The van der Waals surface area contributed by atoms with E-state index in [0.29, 0.717) is 18.9 Å². The Kier molecular flexibility index (Phi) is 11.7. The summed E-state index contributed by atoms with van der Waals surface area (Å²) in [5.41, 5.74) is -10.9. The number of carbonyl (C=O) groups excluding carboxylic acids is 3. The van der Waals surface area contributed by atoms with Crippen LogP contribution >= 0.6 is 0 Å². The first-order chi connectivity index (χ1) is 26.8. The van der Waals surface area contributed by atoms with E-state index in [4.69, 9.17) is 18.9 Å². The fourth-order valence-corrected chi connectivity index (χ4v) is 6.75. The topological polar surface area (TPSA) is 137 Å². The molecule has 59 heavy (non-hydrogen) atoms. The van der Waals surface area contributed by atoms with Gasteiger partial charge in [0.05, 0.1) is 34.3 Å². The summed E-state index contributed by atoms with van der Waals surface area (Å²) in [6.45, 7) is 12.5. The average molecular weight is 849 g/mol. The quantitative estimate of drug-likeness (QED) is 0.179. The lowest BCUT2D eigenvalue weighted by molar-refractivity contribution is -0.154. The Morgan fingerprint density at radius 1 is 0.797 bits per heavy atom. The van der Waals surface area contributed by atoms with Crippen LogP contribution in [0.15, 0.2) is 12.3 Å². The van der Waals surface area contributed by atoms with E-state index in [2.05, 4.69) is 15.0 Å². The maximum Gasteiger partial charge on any atom is 0.424 e. The molecule has 0 spiro atoms. The zero-order valence-corrected chi connectivity index (χ0v) is 33.9. The second-order valence-corrected chi connectivity index (χ2v) is 17.2. The van der Waals surface area contributed by atoms with Crippen molar-refractivity contribution in [3.8, 4) is 17.3 Å². The Bertz CT molecular complexity index is 2100. The van der Waals surface area contributed by atoms with Crippen molar-refractivity contribution in [1.29, 1.82) is 0 Å². The summed E-state index contributed by atoms with van der Waals surface area (Å²) in [5.74, 6) is -3.92. The number of nitrogens with zero attached hydrogens (tertiary/aromatic N) is 6. The number of anilines is 2. The van der Waals surface area contributed by atoms with E-state index in [1.165, 1.54) is 51.3 Å². The predicted octanol–water partition coefficient (Wildman–Crippen LogP) is 9.50. The third-order valence-corrected chi connectivity index (χ3v) is 8.75. The number of pyridine rings is 1. The Labute approximate surface area is 333 Å². The first kappa shape index (κ1) is 44.9. The van der Waals surface area contributed by atoms with Crippen molar-refractivity contribution in [2.45, 2.75) is 123 Å². The molecule has 2 saturated heterocycles. The van der Waals surface area contributed by atoms with Crippen molar-refractivity contribution in [1.82, 2.24) is 19.9 Å². The van der Waals surface area contributed by atoms with Gasteiger partial charge in [0.25, 0.3) is 0 Å². The molecular weight excluding hydrogens is 804 g/mol. The van der Waals surface area contributed by atoms with Gasteiger partial charge in [0.15, 0.2) is 18.2 Å². The first-order valence-electron chi connectivity index (χ1n) is 18.3. The molecule has 5 rings (SSSR count). The number of halogens is 8. The molecule has 3 amide bonds. The third-order valence-electron chi connectivity index (χ3n) is 8.75. The number of amides is 3. The molecule has 2 aliphatic rings. The number of carbonyl (C=O) groups is 3. The molecule has 0 aliphatic carbocycles. The second kappa shape index (κ2) is 15.4. The highest BCUT2D eigenvalue weighted by atomic mass is 19.4. The van der Waals surface area contributed by atoms with Crippen molar-refractivity contribution in [2.75, 3.05) is 29.5 Å². The molecule has 2 atom stereocenters. The van der Waals surface area contributed by atoms with E-state index in [1.807, 2.05) is 0 Å². The Balaban J connectivity index is 1.73. The van der Waals surface area contributed by atoms with Gasteiger partial charge in [-0.25, -0.2) is 23.2 Å². The molecule has 3 aromatic rings. The summed E-state index contributed by atoms with van der Waals surface area (Å²) in [7, 11) is 0. The van der Waals surface area contributed by atoms with Crippen LogP contribution in [-0.4, -0.2) is 92.9 Å². The number of aryl methyl sites for hydroxylation is 1. The standard InChI is InChI=1S/C38H44F8N6O7/c1-18-13-22(52(32(54)58-35(5,6)7)33(55)59-36(8,9)10)25(39)23(24(18)38(44,45)46)28-26(40)27-21(14-47-28)29(49-30(48-27)56-17-37(41,42)43)50-15-19-11-12-20(16-50)51(19)31(53)57-34(2,3)4/h13-14,19-20H,11-12,15-17H2,1-10H3. The molecule has 21 heteroatoms. The summed E-state index contributed by atoms with van der Waals surface area (Å²) in [6.07, 6.45) is -12.2. The maximum absolute atomic E-state index is 17.0. The third kappa shape index (κ3) is 10.1. The Hall–Kier alpha value is -5.24. The maximum atomic E-state index is 17.0. The molecule has 13 nitrogen and oxygen atoms in total. The van der Waals surface area contributed by atoms with E-state index in [0.717, 1.165) is 13.1 Å². The van der Waals surface area contributed by atoms with Gasteiger partial charge in [-0.1, -0.05) is 0 Å². The highest BCUT2D eigenvalue weighted by Crippen LogP contribution is 2.46. The van der Waals surface area contributed by atoms with Crippen molar-refractivity contribution in [3.05, 3.63) is 35.0 Å². The van der Waals surface area contributed by atoms with Gasteiger partial charge in [-0.15, -0.1) is 0 Å². The van der Waals surface area contributed by atoms with Gasteiger partial charge in [0, 0.05) is 19.3 Å². The summed E-state index contributed by atoms with van der Waals surface area (Å²) < 4.78 is 139. The van der Waals surface area contributed by atoms with Gasteiger partial charge in [0.2, 0.25) is 0 Å². The lowest BCUT2D eigenvalue weighted by Crippen LogP contribution is -2.57. The van der Waals surface area contributed by atoms with Gasteiger partial charge in [-0.2, -0.15) is 41.2 Å². The van der Waals surface area contributed by atoms with E-state index < -0.39 is 117 Å². The number of imide groups is 1. The smallest absolute Gasteiger partial charge is 0.424 e. The highest BCUT2D eigenvalue weighted by molar-refractivity contribution is 6.10. The molecule has 0 N–H and O–H groups in total. The first-order valence-corrected chi connectivity index (χ1v) is 18.3. The highest BCUT2D eigenvalue weighted by Gasteiger charge is 2.46. The van der Waals surface area contributed by atoms with Gasteiger partial charge in [-0.05, 0) is 93.7 Å². The fourth-order valence-electron chi connectivity index (χ4n) is 6.75. The predicted molar refractivity (Wildman–Crippen MR) is 196 cm³/mol. The van der Waals surface area contributed by atoms with Crippen molar-refractivity contribution < 1.29 is 68.5 Å². The van der Waals surface area contributed by atoms with Crippen LogP contribution < -0.4 is 14.5 Å². The number of hydrogen-bond acceptors (Lipinski definition) is 11. The summed E-state index contributed by atoms with van der Waals surface area (Å²) in [5, 5.41) is -0.304. The second-order valence-electron chi connectivity index (χ2n) is 17.2. The van der Waals surface area contributed by atoms with E-state index in [1.54, 1.807) is 20.8 Å². The van der Waals surface area contributed by atoms with Crippen molar-refractivity contribution >= 4 is 40.7 Å². The molecule has 0 saturated carbocycles. The van der Waals surface area contributed by atoms with Crippen LogP contribution in [0.1, 0.15) is 86.3 Å². The molecule has 324 valence electrons. The molecule has 2 aliphatic heterocycles. The number of hydrogen-bond donors (Lipinski definition) is 0. The normalized spacial score (nSPS) is 17.6. The van der Waals surface area contributed by atoms with Crippen LogP contribution in [0.2, 0.25) is 0 Å². The molecule has 1 aromatic carbocycles. The van der Waals surface area contributed by atoms with E-state index >= 15 is 8.78 Å². The molecule has 0 radical (unpaired) electrons. The lowest BCUT2D eigenvalue weighted by atomic mass is 9.95. The average Bonchev–Trinajstić information content (AvgIpc) is 3.31. The Morgan fingerprint density at radius 3 is 1.80 bits per heavy atom. The monoisotopic (exact) mass is 848 g/mol. The largest absolute Gasteiger partial charge is 0.454 e. The van der Waals surface area contributed by atoms with Crippen LogP contribution in [0, 0.1) is 18.6 Å². The summed E-state index contributed by atoms with van der Waals surface area (Å²) in [4.78, 5) is 54.8. The molecular formula is C38H44F8N6O7. The number of alkyl halides is 6.